The highest BCUT2D eigenvalue weighted by molar-refractivity contribution is 9.09. The molecule has 1 aliphatic rings. The van der Waals surface area contributed by atoms with Crippen LogP contribution in [0.3, 0.4) is 0 Å². The second-order valence-corrected chi connectivity index (χ2v) is 6.78. The van der Waals surface area contributed by atoms with Crippen LogP contribution in [-0.2, 0) is 20.0 Å². The van der Waals surface area contributed by atoms with E-state index < -0.39 is 5.79 Å². The fourth-order valence-electron chi connectivity index (χ4n) is 3.00. The lowest BCUT2D eigenvalue weighted by Gasteiger charge is -2.28. The molecule has 0 saturated carbocycles. The quantitative estimate of drug-likeness (QED) is 0.555. The molecule has 2 aromatic carbocycles. The smallest absolute Gasteiger partial charge is 0.338 e. The third-order valence-electron chi connectivity index (χ3n) is 4.24. The fourth-order valence-corrected chi connectivity index (χ4v) is 3.59. The van der Waals surface area contributed by atoms with Gasteiger partial charge in [0, 0.05) is 5.56 Å². The van der Waals surface area contributed by atoms with Crippen molar-refractivity contribution in [2.24, 2.45) is 0 Å². The van der Waals surface area contributed by atoms with Gasteiger partial charge in [-0.05, 0) is 31.5 Å². The monoisotopic (exact) mass is 404 g/mol. The third kappa shape index (κ3) is 3.94. The van der Waals surface area contributed by atoms with Gasteiger partial charge in [-0.25, -0.2) is 4.79 Å². The van der Waals surface area contributed by atoms with Crippen LogP contribution in [0.2, 0.25) is 0 Å². The Hall–Kier alpha value is -1.69. The second kappa shape index (κ2) is 7.68. The van der Waals surface area contributed by atoms with Gasteiger partial charge in [-0.2, -0.15) is 0 Å². The summed E-state index contributed by atoms with van der Waals surface area (Å²) in [5, 5.41) is 0.507. The van der Waals surface area contributed by atoms with Gasteiger partial charge >= 0.3 is 5.97 Å². The Morgan fingerprint density at radius 2 is 2.00 bits per heavy atom. The first-order valence-electron chi connectivity index (χ1n) is 8.22. The highest BCUT2D eigenvalue weighted by Gasteiger charge is 2.43. The van der Waals surface area contributed by atoms with Crippen LogP contribution in [0.15, 0.2) is 48.5 Å². The Kier molecular flexibility index (Phi) is 5.57. The van der Waals surface area contributed by atoms with Crippen molar-refractivity contribution >= 4 is 21.9 Å². The number of aryl methyl sites for hydroxylation is 2. The summed E-state index contributed by atoms with van der Waals surface area (Å²) in [5.74, 6) is -1.20. The van der Waals surface area contributed by atoms with E-state index in [1.165, 1.54) is 5.56 Å². The van der Waals surface area contributed by atoms with Gasteiger partial charge in [-0.15, -0.1) is 0 Å². The number of alkyl halides is 1. The van der Waals surface area contributed by atoms with Gasteiger partial charge in [0.15, 0.2) is 0 Å². The lowest BCUT2D eigenvalue weighted by molar-refractivity contribution is -0.160. The molecule has 0 aromatic heterocycles. The summed E-state index contributed by atoms with van der Waals surface area (Å²) in [5.41, 5.74) is 3.83. The van der Waals surface area contributed by atoms with Gasteiger partial charge in [-0.3, -0.25) is 0 Å². The molecule has 1 heterocycles. The van der Waals surface area contributed by atoms with E-state index in [-0.39, 0.29) is 18.7 Å². The second-order valence-electron chi connectivity index (χ2n) is 6.22. The average Bonchev–Trinajstić information content (AvgIpc) is 3.05. The minimum absolute atomic E-state index is 0.160. The summed E-state index contributed by atoms with van der Waals surface area (Å²) >= 11 is 3.51. The van der Waals surface area contributed by atoms with Crippen molar-refractivity contribution < 1.29 is 19.0 Å². The first kappa shape index (κ1) is 18.1. The molecule has 0 amide bonds. The molecule has 0 radical (unpaired) electrons. The zero-order valence-electron chi connectivity index (χ0n) is 14.3. The maximum atomic E-state index is 12.1. The minimum Gasteiger partial charge on any atom is -0.459 e. The zero-order chi connectivity index (χ0) is 17.9. The summed E-state index contributed by atoms with van der Waals surface area (Å²) in [6.45, 7) is 4.64. The van der Waals surface area contributed by atoms with Gasteiger partial charge < -0.3 is 14.2 Å². The van der Waals surface area contributed by atoms with E-state index in [2.05, 4.69) is 28.9 Å². The van der Waals surface area contributed by atoms with Gasteiger partial charge in [-0.1, -0.05) is 57.9 Å². The van der Waals surface area contributed by atoms with Crippen LogP contribution in [0.4, 0.5) is 0 Å². The molecule has 3 rings (SSSR count). The Morgan fingerprint density at radius 3 is 2.68 bits per heavy atom. The number of halogens is 1. The lowest BCUT2D eigenvalue weighted by Crippen LogP contribution is -2.32. The van der Waals surface area contributed by atoms with Gasteiger partial charge in [0.1, 0.15) is 12.7 Å². The number of carbonyl (C=O) groups excluding carboxylic acids is 1. The predicted octanol–water partition coefficient (Wildman–Crippen LogP) is 4.12. The van der Waals surface area contributed by atoms with E-state index in [4.69, 9.17) is 14.2 Å². The molecule has 0 unspecified atom stereocenters. The number of esters is 1. The molecule has 5 heteroatoms. The lowest BCUT2D eigenvalue weighted by atomic mass is 9.99. The molecule has 0 bridgehead atoms. The van der Waals surface area contributed by atoms with Crippen molar-refractivity contribution in [2.45, 2.75) is 25.7 Å². The van der Waals surface area contributed by atoms with Crippen LogP contribution in [0, 0.1) is 13.8 Å². The van der Waals surface area contributed by atoms with Crippen LogP contribution in [0.5, 0.6) is 0 Å². The molecule has 25 heavy (non-hydrogen) atoms. The summed E-state index contributed by atoms with van der Waals surface area (Å²) < 4.78 is 17.5. The fraction of sp³-hybridized carbons (Fsp3) is 0.350. The average molecular weight is 405 g/mol. The van der Waals surface area contributed by atoms with E-state index in [0.29, 0.717) is 17.5 Å². The van der Waals surface area contributed by atoms with Crippen molar-refractivity contribution in [1.29, 1.82) is 0 Å². The molecule has 132 valence electrons. The van der Waals surface area contributed by atoms with E-state index >= 15 is 0 Å². The SMILES string of the molecule is Cc1ccc([C@]2(CBr)OC[C@H](COC(=O)c3ccccc3)O2)c(C)c1. The third-order valence-corrected chi connectivity index (χ3v) is 4.98. The summed E-state index contributed by atoms with van der Waals surface area (Å²) in [7, 11) is 0. The Bertz CT molecular complexity index is 747. The largest absolute Gasteiger partial charge is 0.459 e. The van der Waals surface area contributed by atoms with Gasteiger partial charge in [0.2, 0.25) is 5.79 Å². The molecule has 4 nitrogen and oxygen atoms in total. The molecule has 2 aromatic rings. The maximum absolute atomic E-state index is 12.1. The molecular weight excluding hydrogens is 384 g/mol. The number of ether oxygens (including phenoxy) is 3. The normalized spacial score (nSPS) is 22.8. The van der Waals surface area contributed by atoms with Crippen LogP contribution >= 0.6 is 15.9 Å². The summed E-state index contributed by atoms with van der Waals surface area (Å²) in [4.78, 5) is 12.1. The van der Waals surface area contributed by atoms with Crippen LogP contribution in [-0.4, -0.2) is 30.6 Å². The van der Waals surface area contributed by atoms with E-state index in [1.807, 2.05) is 37.3 Å². The maximum Gasteiger partial charge on any atom is 0.338 e. The standard InChI is InChI=1S/C20H21BrO4/c1-14-8-9-18(15(2)10-14)20(13-21)24-12-17(25-20)11-23-19(22)16-6-4-3-5-7-16/h3-10,17H,11-13H2,1-2H3/t17-,20+/m0/s1. The van der Waals surface area contributed by atoms with Gasteiger partial charge in [0.05, 0.1) is 17.5 Å². The predicted molar refractivity (Wildman–Crippen MR) is 98.9 cm³/mol. The zero-order valence-corrected chi connectivity index (χ0v) is 15.9. The van der Waals surface area contributed by atoms with E-state index in [1.54, 1.807) is 12.1 Å². The minimum atomic E-state index is -0.846. The molecule has 2 atom stereocenters. The first-order valence-corrected chi connectivity index (χ1v) is 9.34. The van der Waals surface area contributed by atoms with Crippen LogP contribution in [0.1, 0.15) is 27.0 Å². The molecule has 0 aliphatic carbocycles. The van der Waals surface area contributed by atoms with Crippen molar-refractivity contribution in [1.82, 2.24) is 0 Å². The van der Waals surface area contributed by atoms with Crippen molar-refractivity contribution in [3.63, 3.8) is 0 Å². The molecule has 0 N–H and O–H groups in total. The molecule has 1 aliphatic heterocycles. The number of hydrogen-bond acceptors (Lipinski definition) is 4. The van der Waals surface area contributed by atoms with Crippen molar-refractivity contribution in [2.75, 3.05) is 18.5 Å². The first-order chi connectivity index (χ1) is 12.0. The van der Waals surface area contributed by atoms with E-state index in [9.17, 15) is 4.79 Å². The summed E-state index contributed by atoms with van der Waals surface area (Å²) in [6, 6.07) is 15.1. The highest BCUT2D eigenvalue weighted by Crippen LogP contribution is 2.38. The number of carbonyl (C=O) groups is 1. The number of rotatable bonds is 5. The van der Waals surface area contributed by atoms with Crippen LogP contribution in [0.25, 0.3) is 0 Å². The van der Waals surface area contributed by atoms with E-state index in [0.717, 1.165) is 11.1 Å². The number of benzene rings is 2. The molecule has 1 saturated heterocycles. The Balaban J connectivity index is 1.66. The molecule has 1 fully saturated rings. The van der Waals surface area contributed by atoms with Crippen molar-refractivity contribution in [3.05, 3.63) is 70.8 Å². The Morgan fingerprint density at radius 1 is 1.24 bits per heavy atom. The Labute approximate surface area is 156 Å². The molecule has 0 spiro atoms. The van der Waals surface area contributed by atoms with Crippen molar-refractivity contribution in [3.8, 4) is 0 Å². The topological polar surface area (TPSA) is 44.8 Å². The summed E-state index contributed by atoms with van der Waals surface area (Å²) in [6.07, 6.45) is -0.300. The number of hydrogen-bond donors (Lipinski definition) is 0. The van der Waals surface area contributed by atoms with Gasteiger partial charge in [0.25, 0.3) is 0 Å². The molecular formula is C20H21BrO4. The highest BCUT2D eigenvalue weighted by atomic mass is 79.9. The van der Waals surface area contributed by atoms with Crippen LogP contribution < -0.4 is 0 Å².